The Hall–Kier alpha value is -1.39. The van der Waals surface area contributed by atoms with Crippen LogP contribution < -0.4 is 10.5 Å². The quantitative estimate of drug-likeness (QED) is 0.892. The Bertz CT molecular complexity index is 569. The van der Waals surface area contributed by atoms with Crippen molar-refractivity contribution in [3.05, 3.63) is 63.9 Å². The summed E-state index contributed by atoms with van der Waals surface area (Å²) in [5.41, 5.74) is 7.72. The molecule has 4 heteroatoms. The largest absolute Gasteiger partial charge is 0.489 e. The van der Waals surface area contributed by atoms with E-state index in [0.717, 1.165) is 17.7 Å². The van der Waals surface area contributed by atoms with Gasteiger partial charge in [-0.3, -0.25) is 0 Å². The molecule has 106 valence electrons. The summed E-state index contributed by atoms with van der Waals surface area (Å²) in [6, 6.07) is 12.9. The molecule has 0 saturated heterocycles. The van der Waals surface area contributed by atoms with Crippen LogP contribution in [0.1, 0.15) is 18.1 Å². The van der Waals surface area contributed by atoms with E-state index in [1.54, 1.807) is 6.07 Å². The SMILES string of the molecule is CC(N)Cc1ccc(OCc2cccc(F)c2Br)cc1. The minimum atomic E-state index is -0.279. The van der Waals surface area contributed by atoms with Gasteiger partial charge in [0, 0.05) is 11.6 Å². The molecule has 0 radical (unpaired) electrons. The Morgan fingerprint density at radius 2 is 1.90 bits per heavy atom. The maximum Gasteiger partial charge on any atom is 0.137 e. The van der Waals surface area contributed by atoms with Crippen molar-refractivity contribution in [3.63, 3.8) is 0 Å². The van der Waals surface area contributed by atoms with E-state index in [1.165, 1.54) is 11.6 Å². The second-order valence-electron chi connectivity index (χ2n) is 4.83. The lowest BCUT2D eigenvalue weighted by Crippen LogP contribution is -2.17. The van der Waals surface area contributed by atoms with E-state index in [-0.39, 0.29) is 11.9 Å². The lowest BCUT2D eigenvalue weighted by molar-refractivity contribution is 0.304. The Balaban J connectivity index is 1.99. The average molecular weight is 338 g/mol. The molecule has 2 aromatic carbocycles. The molecule has 0 heterocycles. The van der Waals surface area contributed by atoms with Crippen LogP contribution >= 0.6 is 15.9 Å². The van der Waals surface area contributed by atoms with Gasteiger partial charge in [0.1, 0.15) is 18.2 Å². The van der Waals surface area contributed by atoms with Crippen LogP contribution in [-0.4, -0.2) is 6.04 Å². The third-order valence-corrected chi connectivity index (χ3v) is 3.80. The third kappa shape index (κ3) is 4.05. The highest BCUT2D eigenvalue weighted by atomic mass is 79.9. The van der Waals surface area contributed by atoms with Crippen LogP contribution in [0.25, 0.3) is 0 Å². The van der Waals surface area contributed by atoms with E-state index >= 15 is 0 Å². The standard InChI is InChI=1S/C16H17BrFNO/c1-11(19)9-12-5-7-14(8-6-12)20-10-13-3-2-4-15(18)16(13)17/h2-8,11H,9-10,19H2,1H3. The predicted octanol–water partition coefficient (Wildman–Crippen LogP) is 4.06. The molecule has 0 aliphatic carbocycles. The highest BCUT2D eigenvalue weighted by Gasteiger charge is 2.06. The van der Waals surface area contributed by atoms with Crippen molar-refractivity contribution in [1.82, 2.24) is 0 Å². The number of ether oxygens (including phenoxy) is 1. The summed E-state index contributed by atoms with van der Waals surface area (Å²) in [7, 11) is 0. The summed E-state index contributed by atoms with van der Waals surface area (Å²) in [5, 5.41) is 0. The number of hydrogen-bond donors (Lipinski definition) is 1. The Labute approximate surface area is 126 Å². The molecular weight excluding hydrogens is 321 g/mol. The molecule has 0 amide bonds. The fourth-order valence-corrected chi connectivity index (χ4v) is 2.29. The van der Waals surface area contributed by atoms with Crippen LogP contribution in [0.5, 0.6) is 5.75 Å². The molecule has 0 bridgehead atoms. The summed E-state index contributed by atoms with van der Waals surface area (Å²) in [6.45, 7) is 2.30. The lowest BCUT2D eigenvalue weighted by Gasteiger charge is -2.10. The van der Waals surface area contributed by atoms with E-state index < -0.39 is 0 Å². The van der Waals surface area contributed by atoms with Gasteiger partial charge < -0.3 is 10.5 Å². The Morgan fingerprint density at radius 1 is 1.20 bits per heavy atom. The van der Waals surface area contributed by atoms with Crippen LogP contribution in [0.3, 0.4) is 0 Å². The maximum absolute atomic E-state index is 13.4. The molecule has 0 aromatic heterocycles. The molecule has 20 heavy (non-hydrogen) atoms. The molecule has 0 fully saturated rings. The fourth-order valence-electron chi connectivity index (χ4n) is 1.91. The molecular formula is C16H17BrFNO. The van der Waals surface area contributed by atoms with Crippen molar-refractivity contribution in [2.45, 2.75) is 26.0 Å². The second-order valence-corrected chi connectivity index (χ2v) is 5.62. The summed E-state index contributed by atoms with van der Waals surface area (Å²) in [5.74, 6) is 0.480. The van der Waals surface area contributed by atoms with Gasteiger partial charge in [-0.2, -0.15) is 0 Å². The molecule has 1 atom stereocenters. The number of halogens is 2. The molecule has 0 aliphatic heterocycles. The molecule has 2 N–H and O–H groups in total. The molecule has 1 unspecified atom stereocenters. The lowest BCUT2D eigenvalue weighted by atomic mass is 10.1. The van der Waals surface area contributed by atoms with Gasteiger partial charge >= 0.3 is 0 Å². The summed E-state index contributed by atoms with van der Waals surface area (Å²) < 4.78 is 19.5. The van der Waals surface area contributed by atoms with Crippen LogP contribution in [0.2, 0.25) is 0 Å². The molecule has 2 rings (SSSR count). The fraction of sp³-hybridized carbons (Fsp3) is 0.250. The van der Waals surface area contributed by atoms with Gasteiger partial charge in [-0.1, -0.05) is 24.3 Å². The zero-order valence-electron chi connectivity index (χ0n) is 11.3. The predicted molar refractivity (Wildman–Crippen MR) is 82.2 cm³/mol. The van der Waals surface area contributed by atoms with Crippen LogP contribution in [-0.2, 0) is 13.0 Å². The Morgan fingerprint density at radius 3 is 2.55 bits per heavy atom. The van der Waals surface area contributed by atoms with Gasteiger partial charge in [-0.05, 0) is 53.0 Å². The highest BCUT2D eigenvalue weighted by molar-refractivity contribution is 9.10. The van der Waals surface area contributed by atoms with Crippen molar-refractivity contribution in [1.29, 1.82) is 0 Å². The monoisotopic (exact) mass is 337 g/mol. The smallest absolute Gasteiger partial charge is 0.137 e. The van der Waals surface area contributed by atoms with E-state index in [9.17, 15) is 4.39 Å². The van der Waals surface area contributed by atoms with Crippen LogP contribution in [0.4, 0.5) is 4.39 Å². The maximum atomic E-state index is 13.4. The number of hydrogen-bond acceptors (Lipinski definition) is 2. The van der Waals surface area contributed by atoms with E-state index in [2.05, 4.69) is 15.9 Å². The zero-order chi connectivity index (χ0) is 14.5. The van der Waals surface area contributed by atoms with E-state index in [0.29, 0.717) is 11.1 Å². The highest BCUT2D eigenvalue weighted by Crippen LogP contribution is 2.22. The topological polar surface area (TPSA) is 35.2 Å². The second kappa shape index (κ2) is 6.86. The van der Waals surface area contributed by atoms with Crippen molar-refractivity contribution < 1.29 is 9.13 Å². The molecule has 0 spiro atoms. The number of nitrogens with two attached hydrogens (primary N) is 1. The molecule has 2 nitrogen and oxygen atoms in total. The minimum Gasteiger partial charge on any atom is -0.489 e. The normalized spacial score (nSPS) is 12.2. The van der Waals surface area contributed by atoms with E-state index in [4.69, 9.17) is 10.5 Å². The van der Waals surface area contributed by atoms with Gasteiger partial charge in [0.15, 0.2) is 0 Å². The van der Waals surface area contributed by atoms with Gasteiger partial charge in [-0.25, -0.2) is 4.39 Å². The number of rotatable bonds is 5. The summed E-state index contributed by atoms with van der Waals surface area (Å²) in [6.07, 6.45) is 0.843. The van der Waals surface area contributed by atoms with Gasteiger partial charge in [0.05, 0.1) is 4.47 Å². The van der Waals surface area contributed by atoms with Crippen molar-refractivity contribution in [2.75, 3.05) is 0 Å². The van der Waals surface area contributed by atoms with Gasteiger partial charge in [-0.15, -0.1) is 0 Å². The van der Waals surface area contributed by atoms with Gasteiger partial charge in [0.25, 0.3) is 0 Å². The first-order valence-electron chi connectivity index (χ1n) is 6.46. The minimum absolute atomic E-state index is 0.144. The summed E-state index contributed by atoms with van der Waals surface area (Å²) in [4.78, 5) is 0. The van der Waals surface area contributed by atoms with Crippen molar-refractivity contribution in [3.8, 4) is 5.75 Å². The first-order chi connectivity index (χ1) is 9.56. The first-order valence-corrected chi connectivity index (χ1v) is 7.26. The van der Waals surface area contributed by atoms with Crippen LogP contribution in [0.15, 0.2) is 46.9 Å². The van der Waals surface area contributed by atoms with Crippen LogP contribution in [0, 0.1) is 5.82 Å². The zero-order valence-corrected chi connectivity index (χ0v) is 12.9. The molecule has 0 saturated carbocycles. The Kier molecular flexibility index (Phi) is 5.15. The summed E-state index contributed by atoms with van der Waals surface area (Å²) >= 11 is 3.22. The number of benzene rings is 2. The van der Waals surface area contributed by atoms with Crippen molar-refractivity contribution >= 4 is 15.9 Å². The first kappa shape index (κ1) is 15.0. The van der Waals surface area contributed by atoms with Crippen molar-refractivity contribution in [2.24, 2.45) is 5.73 Å². The van der Waals surface area contributed by atoms with Gasteiger partial charge in [0.2, 0.25) is 0 Å². The molecule has 2 aromatic rings. The average Bonchev–Trinajstić information content (AvgIpc) is 2.41. The third-order valence-electron chi connectivity index (χ3n) is 2.91. The van der Waals surface area contributed by atoms with E-state index in [1.807, 2.05) is 37.3 Å². The molecule has 0 aliphatic rings.